The summed E-state index contributed by atoms with van der Waals surface area (Å²) < 4.78 is 48.6. The molecule has 1 saturated heterocycles. The predicted molar refractivity (Wildman–Crippen MR) is 125 cm³/mol. The molecule has 7 heteroatoms. The van der Waals surface area contributed by atoms with Gasteiger partial charge in [0.25, 0.3) is 0 Å². The lowest BCUT2D eigenvalue weighted by atomic mass is 9.93. The van der Waals surface area contributed by atoms with Crippen molar-refractivity contribution in [2.24, 2.45) is 0 Å². The Kier molecular flexibility index (Phi) is 8.27. The number of fused-ring (bicyclic) bond motifs is 1. The zero-order chi connectivity index (χ0) is 24.1. The number of halogens is 3. The Balaban J connectivity index is 1.74. The molecule has 3 rings (SSSR count). The van der Waals surface area contributed by atoms with Gasteiger partial charge in [-0.1, -0.05) is 69.7 Å². The number of benzene rings is 2. The Hall–Kier alpha value is -2.28. The van der Waals surface area contributed by atoms with Crippen molar-refractivity contribution in [3.63, 3.8) is 0 Å². The smallest absolute Gasteiger partial charge is 0.409 e. The fourth-order valence-electron chi connectivity index (χ4n) is 4.54. The van der Waals surface area contributed by atoms with Crippen molar-refractivity contribution in [1.29, 1.82) is 0 Å². The Labute approximate surface area is 194 Å². The molecule has 1 amide bonds. The Bertz CT molecular complexity index is 943. The van der Waals surface area contributed by atoms with E-state index in [-0.39, 0.29) is 12.0 Å². The fraction of sp³-hybridized carbons (Fsp3) is 0.577. The molecular weight excluding hydrogens is 429 g/mol. The van der Waals surface area contributed by atoms with Gasteiger partial charge in [-0.2, -0.15) is 18.2 Å². The van der Waals surface area contributed by atoms with Crippen molar-refractivity contribution in [3.8, 4) is 5.75 Å². The van der Waals surface area contributed by atoms with Crippen LogP contribution in [-0.4, -0.2) is 29.2 Å². The van der Waals surface area contributed by atoms with Crippen LogP contribution in [0.5, 0.6) is 5.75 Å². The summed E-state index contributed by atoms with van der Waals surface area (Å²) in [6, 6.07) is 8.17. The summed E-state index contributed by atoms with van der Waals surface area (Å²) in [4.78, 5) is 11.9. The minimum Gasteiger partial charge on any atom is -0.494 e. The SMILES string of the molecule is CCCCCCCCCOc1ccc2c(C(N3NC(=O)CC3(C)C)C(F)(F)F)cccc2c1. The molecule has 4 nitrogen and oxygen atoms in total. The van der Waals surface area contributed by atoms with Crippen LogP contribution in [0.4, 0.5) is 13.2 Å². The highest BCUT2D eigenvalue weighted by Crippen LogP contribution is 2.44. The summed E-state index contributed by atoms with van der Waals surface area (Å²) in [6.07, 6.45) is 3.79. The number of hydrazine groups is 1. The highest BCUT2D eigenvalue weighted by molar-refractivity contribution is 5.87. The van der Waals surface area contributed by atoms with E-state index < -0.39 is 23.7 Å². The molecular formula is C26H35F3N2O2. The van der Waals surface area contributed by atoms with Crippen LogP contribution in [0.2, 0.25) is 0 Å². The first-order valence-corrected chi connectivity index (χ1v) is 11.9. The number of amides is 1. The second kappa shape index (κ2) is 10.8. The number of carbonyl (C=O) groups excluding carboxylic acids is 1. The van der Waals surface area contributed by atoms with E-state index in [1.807, 2.05) is 0 Å². The number of unbranched alkanes of at least 4 members (excludes halogenated alkanes) is 6. The van der Waals surface area contributed by atoms with Gasteiger partial charge < -0.3 is 4.74 Å². The van der Waals surface area contributed by atoms with Crippen LogP contribution < -0.4 is 10.2 Å². The van der Waals surface area contributed by atoms with Gasteiger partial charge in [-0.15, -0.1) is 0 Å². The molecule has 1 unspecified atom stereocenters. The standard InChI is InChI=1S/C26H35F3N2O2/c1-4-5-6-7-8-9-10-16-33-20-14-15-21-19(17-20)12-11-13-22(21)24(26(27,28)29)31-25(2,3)18-23(32)30-31/h11-15,17,24H,4-10,16,18H2,1-3H3,(H,30,32). The van der Waals surface area contributed by atoms with Crippen molar-refractivity contribution < 1.29 is 22.7 Å². The maximum Gasteiger partial charge on any atom is 0.409 e. The summed E-state index contributed by atoms with van der Waals surface area (Å²) in [7, 11) is 0. The first-order valence-electron chi connectivity index (χ1n) is 11.9. The second-order valence-electron chi connectivity index (χ2n) is 9.54. The van der Waals surface area contributed by atoms with Crippen molar-refractivity contribution in [3.05, 3.63) is 42.0 Å². The summed E-state index contributed by atoms with van der Waals surface area (Å²) in [5, 5.41) is 2.23. The van der Waals surface area contributed by atoms with E-state index >= 15 is 0 Å². The van der Waals surface area contributed by atoms with Gasteiger partial charge in [-0.05, 0) is 48.7 Å². The van der Waals surface area contributed by atoms with Gasteiger partial charge in [0.15, 0.2) is 6.04 Å². The van der Waals surface area contributed by atoms with Gasteiger partial charge in [0.05, 0.1) is 6.61 Å². The van der Waals surface area contributed by atoms with Crippen molar-refractivity contribution in [2.45, 2.75) is 89.9 Å². The Morgan fingerprint density at radius 1 is 1.06 bits per heavy atom. The van der Waals surface area contributed by atoms with E-state index in [4.69, 9.17) is 4.74 Å². The monoisotopic (exact) mass is 464 g/mol. The molecule has 2 aromatic carbocycles. The molecule has 1 fully saturated rings. The topological polar surface area (TPSA) is 41.6 Å². The Morgan fingerprint density at radius 2 is 1.76 bits per heavy atom. The van der Waals surface area contributed by atoms with E-state index in [1.165, 1.54) is 38.2 Å². The number of nitrogens with one attached hydrogen (secondary N) is 1. The molecule has 0 spiro atoms. The van der Waals surface area contributed by atoms with Crippen LogP contribution in [0.25, 0.3) is 10.8 Å². The summed E-state index contributed by atoms with van der Waals surface area (Å²) in [5.41, 5.74) is 1.59. The maximum absolute atomic E-state index is 14.3. The van der Waals surface area contributed by atoms with E-state index in [1.54, 1.807) is 44.2 Å². The molecule has 33 heavy (non-hydrogen) atoms. The summed E-state index contributed by atoms with van der Waals surface area (Å²) >= 11 is 0. The number of carbonyl (C=O) groups is 1. The number of ether oxygens (including phenoxy) is 1. The molecule has 1 atom stereocenters. The van der Waals surface area contributed by atoms with E-state index in [9.17, 15) is 18.0 Å². The highest BCUT2D eigenvalue weighted by atomic mass is 19.4. The average Bonchev–Trinajstić information content (AvgIpc) is 3.00. The number of hydrogen-bond donors (Lipinski definition) is 1. The molecule has 2 aromatic rings. The van der Waals surface area contributed by atoms with Crippen molar-refractivity contribution in [1.82, 2.24) is 10.4 Å². The lowest BCUT2D eigenvalue weighted by molar-refractivity contribution is -0.203. The highest BCUT2D eigenvalue weighted by Gasteiger charge is 2.53. The average molecular weight is 465 g/mol. The first-order chi connectivity index (χ1) is 15.6. The predicted octanol–water partition coefficient (Wildman–Crippen LogP) is 7.09. The van der Waals surface area contributed by atoms with E-state index in [0.717, 1.165) is 17.9 Å². The molecule has 1 N–H and O–H groups in total. The normalized spacial score (nSPS) is 17.3. The van der Waals surface area contributed by atoms with Crippen LogP contribution in [0.3, 0.4) is 0 Å². The summed E-state index contributed by atoms with van der Waals surface area (Å²) in [5.74, 6) is 0.250. The zero-order valence-corrected chi connectivity index (χ0v) is 19.8. The molecule has 182 valence electrons. The number of hydrogen-bond acceptors (Lipinski definition) is 3. The Morgan fingerprint density at radius 3 is 2.39 bits per heavy atom. The molecule has 1 aliphatic rings. The number of nitrogens with zero attached hydrogens (tertiary/aromatic N) is 1. The van der Waals surface area contributed by atoms with Gasteiger partial charge in [-0.3, -0.25) is 10.2 Å². The summed E-state index contributed by atoms with van der Waals surface area (Å²) in [6.45, 7) is 6.09. The van der Waals surface area contributed by atoms with Gasteiger partial charge >= 0.3 is 6.18 Å². The van der Waals surface area contributed by atoms with Crippen LogP contribution in [0.1, 0.15) is 83.7 Å². The zero-order valence-electron chi connectivity index (χ0n) is 19.8. The third-order valence-corrected chi connectivity index (χ3v) is 6.26. The molecule has 1 aliphatic heterocycles. The third kappa shape index (κ3) is 6.40. The second-order valence-corrected chi connectivity index (χ2v) is 9.54. The largest absolute Gasteiger partial charge is 0.494 e. The quantitative estimate of drug-likeness (QED) is 0.361. The minimum absolute atomic E-state index is 0.0148. The van der Waals surface area contributed by atoms with Crippen molar-refractivity contribution in [2.75, 3.05) is 6.61 Å². The number of alkyl halides is 3. The van der Waals surface area contributed by atoms with Crippen LogP contribution in [-0.2, 0) is 4.79 Å². The minimum atomic E-state index is -4.56. The van der Waals surface area contributed by atoms with Gasteiger partial charge in [0.1, 0.15) is 5.75 Å². The molecule has 1 heterocycles. The maximum atomic E-state index is 14.3. The lowest BCUT2D eigenvalue weighted by Gasteiger charge is -2.38. The molecule has 0 radical (unpaired) electrons. The van der Waals surface area contributed by atoms with E-state index in [2.05, 4.69) is 12.3 Å². The lowest BCUT2D eigenvalue weighted by Crippen LogP contribution is -2.51. The fourth-order valence-corrected chi connectivity index (χ4v) is 4.54. The van der Waals surface area contributed by atoms with Gasteiger partial charge in [0, 0.05) is 12.0 Å². The third-order valence-electron chi connectivity index (χ3n) is 6.26. The number of rotatable bonds is 11. The van der Waals surface area contributed by atoms with Crippen LogP contribution in [0.15, 0.2) is 36.4 Å². The van der Waals surface area contributed by atoms with Crippen LogP contribution >= 0.6 is 0 Å². The first kappa shape index (κ1) is 25.3. The van der Waals surface area contributed by atoms with Gasteiger partial charge in [-0.25, -0.2) is 0 Å². The van der Waals surface area contributed by atoms with Gasteiger partial charge in [0.2, 0.25) is 5.91 Å². The molecule has 0 bridgehead atoms. The molecule has 0 saturated carbocycles. The van der Waals surface area contributed by atoms with Crippen molar-refractivity contribution >= 4 is 16.7 Å². The molecule has 0 aliphatic carbocycles. The van der Waals surface area contributed by atoms with Crippen LogP contribution in [0, 0.1) is 0 Å². The molecule has 0 aromatic heterocycles. The van der Waals surface area contributed by atoms with E-state index in [0.29, 0.717) is 23.1 Å².